The monoisotopic (exact) mass is 271 g/mol. The molecule has 0 aliphatic heterocycles. The molecule has 1 unspecified atom stereocenters. The number of hydrogen-bond acceptors (Lipinski definition) is 6. The Labute approximate surface area is 110 Å². The molecule has 0 fully saturated rings. The molecule has 0 spiro atoms. The summed E-state index contributed by atoms with van der Waals surface area (Å²) in [7, 11) is 2.85. The Balaban J connectivity index is 3.25. The lowest BCUT2D eigenvalue weighted by Crippen LogP contribution is -2.10. The molecule has 0 radical (unpaired) electrons. The molecular weight excluding hydrogens is 254 g/mol. The average Bonchev–Trinajstić information content (AvgIpc) is 2.73. The van der Waals surface area contributed by atoms with Gasteiger partial charge in [-0.2, -0.15) is 0 Å². The first-order valence-electron chi connectivity index (χ1n) is 5.55. The van der Waals surface area contributed by atoms with Gasteiger partial charge in [-0.15, -0.1) is 11.3 Å². The van der Waals surface area contributed by atoms with Gasteiger partial charge in [0.1, 0.15) is 16.0 Å². The first-order chi connectivity index (χ1) is 8.42. The number of rotatable bonds is 5. The topological polar surface area (TPSA) is 65.5 Å². The first kappa shape index (κ1) is 14.8. The summed E-state index contributed by atoms with van der Waals surface area (Å²) in [5, 5.41) is 0.623. The van der Waals surface area contributed by atoms with Crippen LogP contribution in [-0.2, 0) is 9.47 Å². The van der Waals surface area contributed by atoms with Crippen LogP contribution in [0.15, 0.2) is 0 Å². The normalized spacial score (nSPS) is 12.6. The maximum Gasteiger partial charge on any atom is 0.358 e. The Morgan fingerprint density at radius 2 is 1.89 bits per heavy atom. The summed E-state index contributed by atoms with van der Waals surface area (Å²) in [5.74, 6) is -0.592. The van der Waals surface area contributed by atoms with E-state index in [4.69, 9.17) is 4.74 Å². The van der Waals surface area contributed by atoms with Crippen LogP contribution in [0.5, 0.6) is 0 Å². The Bertz CT molecular complexity index is 453. The minimum atomic E-state index is -0.596. The summed E-state index contributed by atoms with van der Waals surface area (Å²) in [6.45, 7) is 5.38. The van der Waals surface area contributed by atoms with E-state index in [0.29, 0.717) is 9.88 Å². The molecule has 1 aromatic rings. The molecule has 0 aromatic carbocycles. The lowest BCUT2D eigenvalue weighted by Gasteiger charge is -2.15. The second kappa shape index (κ2) is 6.06. The van der Waals surface area contributed by atoms with E-state index in [1.165, 1.54) is 25.4 Å². The summed E-state index contributed by atoms with van der Waals surface area (Å²) in [5.41, 5.74) is 0.0766. The zero-order valence-corrected chi connectivity index (χ0v) is 12.0. The van der Waals surface area contributed by atoms with Crippen LogP contribution in [0.3, 0.4) is 0 Å². The maximum atomic E-state index is 11.6. The van der Waals surface area contributed by atoms with Crippen LogP contribution in [0.1, 0.15) is 52.0 Å². The molecule has 1 rings (SSSR count). The van der Waals surface area contributed by atoms with E-state index in [1.807, 2.05) is 13.8 Å². The first-order valence-corrected chi connectivity index (χ1v) is 6.36. The molecule has 5 nitrogen and oxygen atoms in total. The van der Waals surface area contributed by atoms with Crippen LogP contribution in [0.2, 0.25) is 0 Å². The fourth-order valence-electron chi connectivity index (χ4n) is 1.59. The number of methoxy groups -OCH3 is 2. The van der Waals surface area contributed by atoms with Crippen LogP contribution in [0.25, 0.3) is 0 Å². The van der Waals surface area contributed by atoms with E-state index >= 15 is 0 Å². The summed E-state index contributed by atoms with van der Waals surface area (Å²) >= 11 is 1.19. The lowest BCUT2D eigenvalue weighted by molar-refractivity contribution is 0.0577. The molecule has 0 bridgehead atoms. The highest BCUT2D eigenvalue weighted by Gasteiger charge is 2.26. The Morgan fingerprint density at radius 3 is 2.28 bits per heavy atom. The number of ketones is 1. The smallest absolute Gasteiger partial charge is 0.358 e. The fourth-order valence-corrected chi connectivity index (χ4v) is 2.79. The number of hydrogen-bond donors (Lipinski definition) is 0. The Kier molecular flexibility index (Phi) is 4.98. The van der Waals surface area contributed by atoms with Crippen LogP contribution < -0.4 is 0 Å². The zero-order valence-electron chi connectivity index (χ0n) is 11.1. The Morgan fingerprint density at radius 1 is 1.28 bits per heavy atom. The second-order valence-corrected chi connectivity index (χ2v) is 5.21. The van der Waals surface area contributed by atoms with E-state index in [0.717, 1.165) is 0 Å². The number of esters is 1. The number of nitrogens with zero attached hydrogens (tertiary/aromatic N) is 1. The van der Waals surface area contributed by atoms with Crippen LogP contribution >= 0.6 is 11.3 Å². The summed E-state index contributed by atoms with van der Waals surface area (Å²) < 4.78 is 9.97. The fraction of sp³-hybridized carbons (Fsp3) is 0.583. The molecule has 0 saturated carbocycles. The molecule has 1 aromatic heterocycles. The highest BCUT2D eigenvalue weighted by atomic mass is 32.1. The highest BCUT2D eigenvalue weighted by molar-refractivity contribution is 7.14. The van der Waals surface area contributed by atoms with Gasteiger partial charge in [0, 0.05) is 14.0 Å². The molecule has 1 heterocycles. The van der Waals surface area contributed by atoms with Crippen molar-refractivity contribution in [3.8, 4) is 0 Å². The van der Waals surface area contributed by atoms with Crippen molar-refractivity contribution in [1.82, 2.24) is 4.98 Å². The van der Waals surface area contributed by atoms with Crippen LogP contribution in [0, 0.1) is 5.92 Å². The largest absolute Gasteiger partial charge is 0.464 e. The quantitative estimate of drug-likeness (QED) is 0.608. The molecular formula is C12H17NO4S. The molecule has 0 aliphatic carbocycles. The highest BCUT2D eigenvalue weighted by Crippen LogP contribution is 2.31. The Hall–Kier alpha value is -1.27. The minimum absolute atomic E-state index is 0.0766. The summed E-state index contributed by atoms with van der Waals surface area (Å²) in [6, 6.07) is 0. The van der Waals surface area contributed by atoms with Gasteiger partial charge in [-0.3, -0.25) is 4.79 Å². The van der Waals surface area contributed by atoms with E-state index in [-0.39, 0.29) is 23.5 Å². The van der Waals surface area contributed by atoms with Gasteiger partial charge in [0.25, 0.3) is 0 Å². The standard InChI is InChI=1S/C12H17NO4S/c1-6(2)9(16-4)11-13-8(12(15)17-5)10(18-11)7(3)14/h6,9H,1-5H3. The predicted octanol–water partition coefficient (Wildman–Crippen LogP) is 2.48. The van der Waals surface area contributed by atoms with E-state index in [2.05, 4.69) is 9.72 Å². The van der Waals surface area contributed by atoms with Crippen LogP contribution in [-0.4, -0.2) is 31.0 Å². The van der Waals surface area contributed by atoms with Crippen molar-refractivity contribution in [2.24, 2.45) is 5.92 Å². The molecule has 0 saturated heterocycles. The van der Waals surface area contributed by atoms with E-state index < -0.39 is 5.97 Å². The summed E-state index contributed by atoms with van der Waals surface area (Å²) in [6.07, 6.45) is -0.230. The number of thiazole rings is 1. The molecule has 1 atom stereocenters. The molecule has 100 valence electrons. The molecule has 18 heavy (non-hydrogen) atoms. The summed E-state index contributed by atoms with van der Waals surface area (Å²) in [4.78, 5) is 27.6. The number of aromatic nitrogens is 1. The number of Topliss-reactive ketones (excluding diaryl/α,β-unsaturated/α-hetero) is 1. The van der Waals surface area contributed by atoms with Crippen molar-refractivity contribution in [3.05, 3.63) is 15.6 Å². The number of carbonyl (C=O) groups excluding carboxylic acids is 2. The third-order valence-electron chi connectivity index (χ3n) is 2.45. The SMILES string of the molecule is COC(=O)c1nc(C(OC)C(C)C)sc1C(C)=O. The maximum absolute atomic E-state index is 11.6. The van der Waals surface area contributed by atoms with Gasteiger partial charge >= 0.3 is 5.97 Å². The van der Waals surface area contributed by atoms with Gasteiger partial charge in [0.15, 0.2) is 11.5 Å². The van der Waals surface area contributed by atoms with Gasteiger partial charge in [-0.1, -0.05) is 13.8 Å². The second-order valence-electron chi connectivity index (χ2n) is 4.18. The van der Waals surface area contributed by atoms with Gasteiger partial charge in [0.05, 0.1) is 7.11 Å². The number of carbonyl (C=O) groups is 2. The van der Waals surface area contributed by atoms with Gasteiger partial charge in [-0.05, 0) is 5.92 Å². The van der Waals surface area contributed by atoms with Crippen molar-refractivity contribution in [2.75, 3.05) is 14.2 Å². The van der Waals surface area contributed by atoms with Crippen molar-refractivity contribution in [2.45, 2.75) is 26.9 Å². The average molecular weight is 271 g/mol. The molecule has 0 aliphatic rings. The van der Waals surface area contributed by atoms with Crippen molar-refractivity contribution in [1.29, 1.82) is 0 Å². The number of ether oxygens (including phenoxy) is 2. The minimum Gasteiger partial charge on any atom is -0.464 e. The van der Waals surface area contributed by atoms with Crippen LogP contribution in [0.4, 0.5) is 0 Å². The van der Waals surface area contributed by atoms with E-state index in [9.17, 15) is 9.59 Å². The van der Waals surface area contributed by atoms with Gasteiger partial charge in [-0.25, -0.2) is 9.78 Å². The van der Waals surface area contributed by atoms with Crippen molar-refractivity contribution in [3.63, 3.8) is 0 Å². The zero-order chi connectivity index (χ0) is 13.9. The van der Waals surface area contributed by atoms with Crippen molar-refractivity contribution < 1.29 is 19.1 Å². The lowest BCUT2D eigenvalue weighted by atomic mass is 10.1. The third-order valence-corrected chi connectivity index (χ3v) is 3.66. The molecule has 6 heteroatoms. The third kappa shape index (κ3) is 2.94. The van der Waals surface area contributed by atoms with E-state index in [1.54, 1.807) is 7.11 Å². The van der Waals surface area contributed by atoms with Crippen molar-refractivity contribution >= 4 is 23.1 Å². The predicted molar refractivity (Wildman–Crippen MR) is 68.0 cm³/mol. The molecule has 0 N–H and O–H groups in total. The van der Waals surface area contributed by atoms with Gasteiger partial charge < -0.3 is 9.47 Å². The van der Waals surface area contributed by atoms with Gasteiger partial charge in [0.2, 0.25) is 0 Å². The molecule has 0 amide bonds.